The molecule has 21 heavy (non-hydrogen) atoms. The third kappa shape index (κ3) is 2.78. The second-order valence-corrected chi connectivity index (χ2v) is 5.44. The smallest absolute Gasteiger partial charge is 0.248 e. The van der Waals surface area contributed by atoms with E-state index in [9.17, 15) is 13.2 Å². The van der Waals surface area contributed by atoms with Gasteiger partial charge in [0.15, 0.2) is 0 Å². The van der Waals surface area contributed by atoms with Crippen molar-refractivity contribution in [3.05, 3.63) is 64.6 Å². The van der Waals surface area contributed by atoms with Crippen LogP contribution in [0, 0.1) is 0 Å². The van der Waals surface area contributed by atoms with Crippen molar-refractivity contribution in [1.29, 1.82) is 0 Å². The van der Waals surface area contributed by atoms with Gasteiger partial charge in [-0.3, -0.25) is 0 Å². The van der Waals surface area contributed by atoms with Crippen LogP contribution in [0.15, 0.2) is 59.1 Å². The summed E-state index contributed by atoms with van der Waals surface area (Å²) in [5, 5.41) is 0.449. The molecular weight excluding hydrogens is 343 g/mol. The number of nitrogens with zero attached hydrogens (tertiary/aromatic N) is 1. The number of rotatable bonds is 1. The standard InChI is InChI=1S/C16H9BrF3N/c17-13-9-15(10-4-2-1-3-5-10)21-14-7-6-11(8-12(13)14)16(18,19)20/h1-9H. The normalized spacial score (nSPS) is 11.8. The van der Waals surface area contributed by atoms with Crippen molar-refractivity contribution in [2.75, 3.05) is 0 Å². The highest BCUT2D eigenvalue weighted by Crippen LogP contribution is 2.34. The van der Waals surface area contributed by atoms with Crippen LogP contribution in [0.2, 0.25) is 0 Å². The van der Waals surface area contributed by atoms with E-state index in [1.54, 1.807) is 6.07 Å². The van der Waals surface area contributed by atoms with E-state index in [0.29, 0.717) is 15.4 Å². The Morgan fingerprint density at radius 3 is 2.29 bits per heavy atom. The molecule has 3 aromatic rings. The molecule has 0 fully saturated rings. The van der Waals surface area contributed by atoms with Crippen LogP contribution in [0.1, 0.15) is 5.56 Å². The van der Waals surface area contributed by atoms with Crippen LogP contribution in [0.4, 0.5) is 13.2 Å². The third-order valence-electron chi connectivity index (χ3n) is 3.16. The van der Waals surface area contributed by atoms with E-state index in [0.717, 1.165) is 23.4 Å². The second kappa shape index (κ2) is 5.15. The molecule has 3 rings (SSSR count). The lowest BCUT2D eigenvalue weighted by Gasteiger charge is -2.10. The quantitative estimate of drug-likeness (QED) is 0.549. The highest BCUT2D eigenvalue weighted by atomic mass is 79.9. The van der Waals surface area contributed by atoms with Crippen LogP contribution in [-0.4, -0.2) is 4.98 Å². The van der Waals surface area contributed by atoms with Crippen LogP contribution in [0.5, 0.6) is 0 Å². The van der Waals surface area contributed by atoms with Crippen molar-refractivity contribution in [2.24, 2.45) is 0 Å². The van der Waals surface area contributed by atoms with Gasteiger partial charge in [-0.05, 0) is 24.3 Å². The average molecular weight is 352 g/mol. The molecule has 0 N–H and O–H groups in total. The van der Waals surface area contributed by atoms with Gasteiger partial charge < -0.3 is 0 Å². The summed E-state index contributed by atoms with van der Waals surface area (Å²) in [4.78, 5) is 4.43. The van der Waals surface area contributed by atoms with Crippen molar-refractivity contribution in [3.63, 3.8) is 0 Å². The monoisotopic (exact) mass is 351 g/mol. The Balaban J connectivity index is 2.18. The molecule has 0 spiro atoms. The van der Waals surface area contributed by atoms with Gasteiger partial charge in [0.05, 0.1) is 16.8 Å². The van der Waals surface area contributed by atoms with Crippen molar-refractivity contribution >= 4 is 26.8 Å². The Kier molecular flexibility index (Phi) is 3.45. The molecule has 1 nitrogen and oxygen atoms in total. The van der Waals surface area contributed by atoms with E-state index in [2.05, 4.69) is 20.9 Å². The minimum atomic E-state index is -4.36. The number of fused-ring (bicyclic) bond motifs is 1. The second-order valence-electron chi connectivity index (χ2n) is 4.59. The fourth-order valence-electron chi connectivity index (χ4n) is 2.12. The summed E-state index contributed by atoms with van der Waals surface area (Å²) in [7, 11) is 0. The predicted molar refractivity (Wildman–Crippen MR) is 79.9 cm³/mol. The highest BCUT2D eigenvalue weighted by Gasteiger charge is 2.30. The lowest BCUT2D eigenvalue weighted by Crippen LogP contribution is -2.04. The third-order valence-corrected chi connectivity index (χ3v) is 3.81. The summed E-state index contributed by atoms with van der Waals surface area (Å²) < 4.78 is 38.9. The topological polar surface area (TPSA) is 12.9 Å². The van der Waals surface area contributed by atoms with Crippen LogP contribution in [-0.2, 0) is 6.18 Å². The van der Waals surface area contributed by atoms with Crippen LogP contribution < -0.4 is 0 Å². The molecule has 2 aromatic carbocycles. The van der Waals surface area contributed by atoms with Gasteiger partial charge in [-0.25, -0.2) is 4.98 Å². The molecule has 0 bridgehead atoms. The van der Waals surface area contributed by atoms with Gasteiger partial charge in [-0.15, -0.1) is 0 Å². The van der Waals surface area contributed by atoms with Crippen molar-refractivity contribution < 1.29 is 13.2 Å². The minimum absolute atomic E-state index is 0.449. The van der Waals surface area contributed by atoms with Crippen molar-refractivity contribution in [1.82, 2.24) is 4.98 Å². The first-order valence-electron chi connectivity index (χ1n) is 6.18. The molecule has 5 heteroatoms. The molecule has 0 atom stereocenters. The zero-order chi connectivity index (χ0) is 15.0. The molecule has 1 aromatic heterocycles. The molecular formula is C16H9BrF3N. The van der Waals surface area contributed by atoms with E-state index in [4.69, 9.17) is 0 Å². The van der Waals surface area contributed by atoms with Crippen LogP contribution >= 0.6 is 15.9 Å². The number of alkyl halides is 3. The summed E-state index contributed by atoms with van der Waals surface area (Å²) in [5.74, 6) is 0. The molecule has 1 heterocycles. The Bertz CT molecular complexity index is 798. The van der Waals surface area contributed by atoms with Crippen LogP contribution in [0.25, 0.3) is 22.2 Å². The maximum absolute atomic E-state index is 12.8. The van der Waals surface area contributed by atoms with Gasteiger partial charge in [0.25, 0.3) is 0 Å². The summed E-state index contributed by atoms with van der Waals surface area (Å²) >= 11 is 3.34. The Morgan fingerprint density at radius 2 is 1.62 bits per heavy atom. The molecule has 0 unspecified atom stereocenters. The fourth-order valence-corrected chi connectivity index (χ4v) is 2.65. The molecule has 0 saturated heterocycles. The van der Waals surface area contributed by atoms with Gasteiger partial charge in [0.1, 0.15) is 0 Å². The lowest BCUT2D eigenvalue weighted by molar-refractivity contribution is -0.137. The SMILES string of the molecule is FC(F)(F)c1ccc2nc(-c3ccccc3)cc(Br)c2c1. The Hall–Kier alpha value is -1.88. The molecule has 0 aliphatic heterocycles. The number of benzene rings is 2. The Labute approximate surface area is 127 Å². The van der Waals surface area contributed by atoms with E-state index < -0.39 is 11.7 Å². The number of hydrogen-bond donors (Lipinski definition) is 0. The molecule has 0 aliphatic rings. The lowest BCUT2D eigenvalue weighted by atomic mass is 10.1. The maximum Gasteiger partial charge on any atom is 0.416 e. The molecule has 0 radical (unpaired) electrons. The van der Waals surface area contributed by atoms with Crippen molar-refractivity contribution in [2.45, 2.75) is 6.18 Å². The van der Waals surface area contributed by atoms with E-state index in [1.807, 2.05) is 30.3 Å². The van der Waals surface area contributed by atoms with Crippen LogP contribution in [0.3, 0.4) is 0 Å². The van der Waals surface area contributed by atoms with Gasteiger partial charge in [0.2, 0.25) is 0 Å². The fraction of sp³-hybridized carbons (Fsp3) is 0.0625. The van der Waals surface area contributed by atoms with Crippen molar-refractivity contribution in [3.8, 4) is 11.3 Å². The maximum atomic E-state index is 12.8. The number of pyridine rings is 1. The summed E-state index contributed by atoms with van der Waals surface area (Å²) in [6.45, 7) is 0. The first-order chi connectivity index (χ1) is 9.95. The molecule has 0 saturated carbocycles. The largest absolute Gasteiger partial charge is 0.416 e. The highest BCUT2D eigenvalue weighted by molar-refractivity contribution is 9.10. The van der Waals surface area contributed by atoms with Gasteiger partial charge >= 0.3 is 6.18 Å². The zero-order valence-corrected chi connectivity index (χ0v) is 12.2. The van der Waals surface area contributed by atoms with E-state index >= 15 is 0 Å². The van der Waals surface area contributed by atoms with E-state index in [1.165, 1.54) is 6.07 Å². The van der Waals surface area contributed by atoms with E-state index in [-0.39, 0.29) is 0 Å². The Morgan fingerprint density at radius 1 is 0.905 bits per heavy atom. The first-order valence-corrected chi connectivity index (χ1v) is 6.97. The molecule has 106 valence electrons. The predicted octanol–water partition coefficient (Wildman–Crippen LogP) is 5.68. The summed E-state index contributed by atoms with van der Waals surface area (Å²) in [6, 6.07) is 14.8. The average Bonchev–Trinajstić information content (AvgIpc) is 2.47. The number of aromatic nitrogens is 1. The molecule has 0 amide bonds. The van der Waals surface area contributed by atoms with Gasteiger partial charge in [-0.1, -0.05) is 46.3 Å². The minimum Gasteiger partial charge on any atom is -0.248 e. The number of hydrogen-bond acceptors (Lipinski definition) is 1. The first kappa shape index (κ1) is 14.1. The number of halogens is 4. The van der Waals surface area contributed by atoms with Gasteiger partial charge in [0, 0.05) is 15.4 Å². The zero-order valence-electron chi connectivity index (χ0n) is 10.7. The summed E-state index contributed by atoms with van der Waals surface area (Å²) in [5.41, 5.74) is 1.48. The van der Waals surface area contributed by atoms with Gasteiger partial charge in [-0.2, -0.15) is 13.2 Å². The summed E-state index contributed by atoms with van der Waals surface area (Å²) in [6.07, 6.45) is -4.36. The molecule has 0 aliphatic carbocycles.